The molecule has 0 atom stereocenters. The molecule has 1 aromatic heterocycles. The summed E-state index contributed by atoms with van der Waals surface area (Å²) in [6.07, 6.45) is 1.71. The molecule has 0 aliphatic heterocycles. The maximum absolute atomic E-state index is 11.4. The highest BCUT2D eigenvalue weighted by molar-refractivity contribution is 5.92. The van der Waals surface area contributed by atoms with Gasteiger partial charge in [0, 0.05) is 18.7 Å². The Morgan fingerprint density at radius 2 is 2.33 bits per heavy atom. The molecule has 1 heterocycles. The van der Waals surface area contributed by atoms with Crippen LogP contribution in [0.4, 0.5) is 0 Å². The van der Waals surface area contributed by atoms with Gasteiger partial charge in [-0.25, -0.2) is 5.84 Å². The predicted molar refractivity (Wildman–Crippen MR) is 67.8 cm³/mol. The number of carbonyl (C=O) groups excluding carboxylic acids is 1. The largest absolute Gasteiger partial charge is 0.459 e. The van der Waals surface area contributed by atoms with E-state index in [0.717, 1.165) is 12.1 Å². The molecule has 6 heteroatoms. The minimum absolute atomic E-state index is 0.228. The minimum atomic E-state index is -0.415. The number of furan rings is 1. The van der Waals surface area contributed by atoms with Crippen molar-refractivity contribution in [1.29, 1.82) is 0 Å². The molecule has 0 aromatic carbocycles. The third-order valence-corrected chi connectivity index (χ3v) is 2.45. The Hall–Kier alpha value is -1.37. The zero-order valence-electron chi connectivity index (χ0n) is 11.1. The minimum Gasteiger partial charge on any atom is -0.459 e. The van der Waals surface area contributed by atoms with Crippen molar-refractivity contribution in [3.8, 4) is 0 Å². The molecule has 102 valence electrons. The van der Waals surface area contributed by atoms with E-state index >= 15 is 0 Å². The summed E-state index contributed by atoms with van der Waals surface area (Å²) in [5.74, 6) is 4.93. The Kier molecular flexibility index (Phi) is 5.84. The molecular formula is C12H21N3O3. The average molecular weight is 255 g/mol. The summed E-state index contributed by atoms with van der Waals surface area (Å²) >= 11 is 0. The maximum Gasteiger partial charge on any atom is 0.301 e. The molecule has 3 N–H and O–H groups in total. The summed E-state index contributed by atoms with van der Waals surface area (Å²) in [5, 5.41) is 0. The summed E-state index contributed by atoms with van der Waals surface area (Å²) in [4.78, 5) is 13.5. The number of nitrogens with two attached hydrogens (primary N) is 1. The molecule has 0 saturated carbocycles. The molecule has 0 unspecified atom stereocenters. The number of likely N-dealkylation sites (N-methyl/N-ethyl adjacent to an activating group) is 1. The lowest BCUT2D eigenvalue weighted by atomic mass is 10.2. The number of hydrazine groups is 1. The first kappa shape index (κ1) is 14.7. The lowest BCUT2D eigenvalue weighted by Gasteiger charge is -2.17. The molecule has 0 bridgehead atoms. The van der Waals surface area contributed by atoms with Gasteiger partial charge in [-0.3, -0.25) is 15.1 Å². The van der Waals surface area contributed by atoms with Crippen LogP contribution in [-0.4, -0.2) is 37.1 Å². The molecule has 0 spiro atoms. The molecule has 1 aromatic rings. The standard InChI is InChI=1S/C12H21N3O3/c1-9(2)17-7-5-15(3)8-10-4-6-18-11(10)12(16)14-13/h4,6,9H,5,7-8,13H2,1-3H3,(H,14,16). The Morgan fingerprint density at radius 3 is 2.94 bits per heavy atom. The number of nitrogen functional groups attached to an aromatic ring is 1. The van der Waals surface area contributed by atoms with Gasteiger partial charge in [-0.15, -0.1) is 0 Å². The number of nitrogens with zero attached hydrogens (tertiary/aromatic N) is 1. The van der Waals surface area contributed by atoms with Gasteiger partial charge in [0.05, 0.1) is 19.0 Å². The summed E-state index contributed by atoms with van der Waals surface area (Å²) in [7, 11) is 1.96. The van der Waals surface area contributed by atoms with Crippen molar-refractivity contribution in [2.24, 2.45) is 5.84 Å². The fourth-order valence-corrected chi connectivity index (χ4v) is 1.54. The van der Waals surface area contributed by atoms with Gasteiger partial charge < -0.3 is 9.15 Å². The fraction of sp³-hybridized carbons (Fsp3) is 0.583. The van der Waals surface area contributed by atoms with E-state index in [0.29, 0.717) is 13.2 Å². The first-order valence-corrected chi connectivity index (χ1v) is 5.92. The lowest BCUT2D eigenvalue weighted by molar-refractivity contribution is 0.0626. The number of rotatable bonds is 7. The van der Waals surface area contributed by atoms with E-state index in [4.69, 9.17) is 15.0 Å². The quantitative estimate of drug-likeness (QED) is 0.427. The fourth-order valence-electron chi connectivity index (χ4n) is 1.54. The first-order chi connectivity index (χ1) is 8.54. The van der Waals surface area contributed by atoms with Crippen LogP contribution in [0.1, 0.15) is 30.0 Å². The molecule has 18 heavy (non-hydrogen) atoms. The van der Waals surface area contributed by atoms with Crippen LogP contribution in [0.25, 0.3) is 0 Å². The number of hydrogen-bond acceptors (Lipinski definition) is 5. The second-order valence-electron chi connectivity index (χ2n) is 4.41. The predicted octanol–water partition coefficient (Wildman–Crippen LogP) is 0.740. The summed E-state index contributed by atoms with van der Waals surface area (Å²) < 4.78 is 10.6. The normalized spacial score (nSPS) is 11.2. The van der Waals surface area contributed by atoms with Crippen molar-refractivity contribution >= 4 is 5.91 Å². The molecular weight excluding hydrogens is 234 g/mol. The van der Waals surface area contributed by atoms with Crippen LogP contribution in [0.3, 0.4) is 0 Å². The third-order valence-electron chi connectivity index (χ3n) is 2.45. The summed E-state index contributed by atoms with van der Waals surface area (Å²) in [6.45, 7) is 6.05. The van der Waals surface area contributed by atoms with Crippen LogP contribution >= 0.6 is 0 Å². The number of ether oxygens (including phenoxy) is 1. The first-order valence-electron chi connectivity index (χ1n) is 5.92. The maximum atomic E-state index is 11.4. The van der Waals surface area contributed by atoms with E-state index in [9.17, 15) is 4.79 Å². The van der Waals surface area contributed by atoms with Crippen molar-refractivity contribution in [2.75, 3.05) is 20.2 Å². The van der Waals surface area contributed by atoms with Crippen molar-refractivity contribution < 1.29 is 13.9 Å². The van der Waals surface area contributed by atoms with E-state index in [1.54, 1.807) is 6.07 Å². The zero-order chi connectivity index (χ0) is 13.5. The van der Waals surface area contributed by atoms with Gasteiger partial charge in [0.2, 0.25) is 0 Å². The van der Waals surface area contributed by atoms with E-state index in [2.05, 4.69) is 10.3 Å². The Balaban J connectivity index is 2.46. The number of hydrogen-bond donors (Lipinski definition) is 2. The van der Waals surface area contributed by atoms with Crippen LogP contribution in [0.2, 0.25) is 0 Å². The molecule has 0 radical (unpaired) electrons. The molecule has 0 saturated heterocycles. The van der Waals surface area contributed by atoms with Gasteiger partial charge in [0.25, 0.3) is 0 Å². The Bertz CT molecular complexity index is 376. The topological polar surface area (TPSA) is 80.7 Å². The van der Waals surface area contributed by atoms with Crippen LogP contribution < -0.4 is 11.3 Å². The van der Waals surface area contributed by atoms with Crippen LogP contribution in [0.15, 0.2) is 16.7 Å². The zero-order valence-corrected chi connectivity index (χ0v) is 11.1. The molecule has 0 aliphatic carbocycles. The van der Waals surface area contributed by atoms with Crippen LogP contribution in [0, 0.1) is 0 Å². The highest BCUT2D eigenvalue weighted by Gasteiger charge is 2.15. The highest BCUT2D eigenvalue weighted by atomic mass is 16.5. The number of amides is 1. The second-order valence-corrected chi connectivity index (χ2v) is 4.41. The van der Waals surface area contributed by atoms with Crippen molar-refractivity contribution in [3.63, 3.8) is 0 Å². The van der Waals surface area contributed by atoms with Crippen molar-refractivity contribution in [3.05, 3.63) is 23.7 Å². The van der Waals surface area contributed by atoms with Crippen LogP contribution in [0.5, 0.6) is 0 Å². The highest BCUT2D eigenvalue weighted by Crippen LogP contribution is 2.12. The number of carbonyl (C=O) groups is 1. The van der Waals surface area contributed by atoms with Gasteiger partial charge in [-0.1, -0.05) is 0 Å². The van der Waals surface area contributed by atoms with E-state index in [1.165, 1.54) is 6.26 Å². The monoisotopic (exact) mass is 255 g/mol. The SMILES string of the molecule is CC(C)OCCN(C)Cc1ccoc1C(=O)NN. The van der Waals surface area contributed by atoms with Gasteiger partial charge in [0.1, 0.15) is 0 Å². The average Bonchev–Trinajstić information content (AvgIpc) is 2.75. The van der Waals surface area contributed by atoms with Crippen molar-refractivity contribution in [2.45, 2.75) is 26.5 Å². The smallest absolute Gasteiger partial charge is 0.301 e. The summed E-state index contributed by atoms with van der Waals surface area (Å²) in [6, 6.07) is 1.77. The van der Waals surface area contributed by atoms with Crippen molar-refractivity contribution in [1.82, 2.24) is 10.3 Å². The molecule has 1 amide bonds. The Morgan fingerprint density at radius 1 is 1.61 bits per heavy atom. The van der Waals surface area contributed by atoms with E-state index in [-0.39, 0.29) is 11.9 Å². The van der Waals surface area contributed by atoms with Crippen LogP contribution in [-0.2, 0) is 11.3 Å². The second kappa shape index (κ2) is 7.15. The Labute approximate surface area is 107 Å². The number of nitrogens with one attached hydrogen (secondary N) is 1. The van der Waals surface area contributed by atoms with E-state index < -0.39 is 5.91 Å². The van der Waals surface area contributed by atoms with Gasteiger partial charge in [0.15, 0.2) is 5.76 Å². The molecule has 0 aliphatic rings. The third kappa shape index (κ3) is 4.48. The van der Waals surface area contributed by atoms with E-state index in [1.807, 2.05) is 20.9 Å². The van der Waals surface area contributed by atoms with Gasteiger partial charge >= 0.3 is 5.91 Å². The molecule has 1 rings (SSSR count). The lowest BCUT2D eigenvalue weighted by Crippen LogP contribution is -2.31. The van der Waals surface area contributed by atoms with Gasteiger partial charge in [-0.2, -0.15) is 0 Å². The molecule has 6 nitrogen and oxygen atoms in total. The summed E-state index contributed by atoms with van der Waals surface area (Å²) in [5.41, 5.74) is 2.87. The van der Waals surface area contributed by atoms with Gasteiger partial charge in [-0.05, 0) is 27.0 Å². The molecule has 0 fully saturated rings.